The molecule has 5 heterocycles. The highest BCUT2D eigenvalue weighted by molar-refractivity contribution is 7.10. The number of aryl methyl sites for hydroxylation is 1. The molecule has 0 radical (unpaired) electrons. The number of thiazole rings is 2. The van der Waals surface area contributed by atoms with Gasteiger partial charge in [-0.3, -0.25) is 19.2 Å². The highest BCUT2D eigenvalue weighted by atomic mass is 32.1. The lowest BCUT2D eigenvalue weighted by Gasteiger charge is -2.24. The van der Waals surface area contributed by atoms with E-state index in [-0.39, 0.29) is 52.4 Å². The number of ether oxygens (including phenoxy) is 1. The Balaban J connectivity index is 1.38. The number of rotatable bonds is 5. The first-order valence-electron chi connectivity index (χ1n) is 17.7. The van der Waals surface area contributed by atoms with Crippen LogP contribution in [0.15, 0.2) is 50.5 Å². The van der Waals surface area contributed by atoms with Crippen LogP contribution in [0.25, 0.3) is 0 Å². The fourth-order valence-electron chi connectivity index (χ4n) is 6.12. The van der Waals surface area contributed by atoms with Gasteiger partial charge in [-0.2, -0.15) is 0 Å². The van der Waals surface area contributed by atoms with Crippen molar-refractivity contribution >= 4 is 52.2 Å². The molecule has 1 aromatic carbocycles. The van der Waals surface area contributed by atoms with Crippen LogP contribution in [0.3, 0.4) is 0 Å². The van der Waals surface area contributed by atoms with E-state index >= 15 is 0 Å². The summed E-state index contributed by atoms with van der Waals surface area (Å²) < 4.78 is 12.1. The third-order valence-electron chi connectivity index (χ3n) is 9.42. The molecule has 0 saturated carbocycles. The Morgan fingerprint density at radius 2 is 1.45 bits per heavy atom. The zero-order valence-corrected chi connectivity index (χ0v) is 32.3. The van der Waals surface area contributed by atoms with Gasteiger partial charge in [0.25, 0.3) is 17.7 Å². The van der Waals surface area contributed by atoms with Gasteiger partial charge in [0.2, 0.25) is 17.7 Å². The van der Waals surface area contributed by atoms with E-state index in [9.17, 15) is 19.2 Å². The SMILES string of the molecule is CCC(C)C1NC(=O)c2csc(n2)C(C)NC(=O)c2nc(oc2C)C(C(C)C)NC(=O)c2csc(n2)C(Cc2ccccc2)NC(=O)C2N=C1OC2C. The summed E-state index contributed by atoms with van der Waals surface area (Å²) in [6, 6.07) is 6.34. The predicted octanol–water partition coefficient (Wildman–Crippen LogP) is 5.26. The van der Waals surface area contributed by atoms with E-state index in [0.717, 1.165) is 5.56 Å². The summed E-state index contributed by atoms with van der Waals surface area (Å²) in [4.78, 5) is 73.1. The van der Waals surface area contributed by atoms with E-state index in [0.29, 0.717) is 22.9 Å². The first kappa shape index (κ1) is 37.8. The Morgan fingerprint density at radius 1 is 0.811 bits per heavy atom. The molecule has 0 fully saturated rings. The summed E-state index contributed by atoms with van der Waals surface area (Å²) in [5.74, 6) is -1.25. The summed E-state index contributed by atoms with van der Waals surface area (Å²) in [5, 5.41) is 16.4. The monoisotopic (exact) mass is 760 g/mol. The number of oxazole rings is 1. The van der Waals surface area contributed by atoms with Gasteiger partial charge >= 0.3 is 0 Å². The van der Waals surface area contributed by atoms with Crippen molar-refractivity contribution in [1.82, 2.24) is 36.2 Å². The third kappa shape index (κ3) is 8.33. The molecule has 0 aliphatic carbocycles. The van der Waals surface area contributed by atoms with Crippen LogP contribution in [-0.2, 0) is 16.0 Å². The van der Waals surface area contributed by atoms with E-state index in [1.807, 2.05) is 58.0 Å². The molecule has 2 aliphatic heterocycles. The third-order valence-corrected chi connectivity index (χ3v) is 11.4. The van der Waals surface area contributed by atoms with Crippen LogP contribution >= 0.6 is 22.7 Å². The fraction of sp³-hybridized carbons (Fsp3) is 0.459. The lowest BCUT2D eigenvalue weighted by atomic mass is 9.98. The molecule has 280 valence electrons. The van der Waals surface area contributed by atoms with Gasteiger partial charge in [-0.15, -0.1) is 22.7 Å². The van der Waals surface area contributed by atoms with Gasteiger partial charge in [0.05, 0.1) is 12.1 Å². The van der Waals surface area contributed by atoms with Gasteiger partial charge < -0.3 is 30.4 Å². The number of hydrogen-bond acceptors (Lipinski definition) is 12. The second-order valence-electron chi connectivity index (χ2n) is 13.8. The van der Waals surface area contributed by atoms with Crippen molar-refractivity contribution in [1.29, 1.82) is 0 Å². The van der Waals surface area contributed by atoms with Gasteiger partial charge in [0, 0.05) is 10.8 Å². The van der Waals surface area contributed by atoms with Gasteiger partial charge in [0.15, 0.2) is 11.7 Å². The molecule has 4 amide bonds. The average Bonchev–Trinajstić information content (AvgIpc) is 3.95. The smallest absolute Gasteiger partial charge is 0.274 e. The van der Waals surface area contributed by atoms with Crippen molar-refractivity contribution in [2.24, 2.45) is 16.8 Å². The Bertz CT molecular complexity index is 2010. The Morgan fingerprint density at radius 3 is 2.11 bits per heavy atom. The molecule has 4 N–H and O–H groups in total. The Labute approximate surface area is 315 Å². The number of nitrogens with zero attached hydrogens (tertiary/aromatic N) is 4. The highest BCUT2D eigenvalue weighted by Crippen LogP contribution is 2.28. The van der Waals surface area contributed by atoms with Gasteiger partial charge in [-0.25, -0.2) is 19.9 Å². The van der Waals surface area contributed by atoms with Crippen LogP contribution in [-0.4, -0.2) is 62.7 Å². The maximum Gasteiger partial charge on any atom is 0.274 e. The second-order valence-corrected chi connectivity index (χ2v) is 15.6. The molecule has 0 spiro atoms. The number of aromatic nitrogens is 3. The number of carbonyl (C=O) groups is 4. The van der Waals surface area contributed by atoms with Gasteiger partial charge in [-0.05, 0) is 44.6 Å². The van der Waals surface area contributed by atoms with Gasteiger partial charge in [-0.1, -0.05) is 64.4 Å². The summed E-state index contributed by atoms with van der Waals surface area (Å²) in [5.41, 5.74) is 1.38. The standard InChI is InChI=1S/C37H44N8O6S2/c1-8-18(4)27-35-45-29(21(7)51-35)33(49)39-23(14-22-12-10-9-11-13-22)37-41-25(16-53-37)30(46)42-26(17(2)3)34-44-28(20(6)50-34)32(48)38-19(5)36-40-24(15-52-36)31(47)43-27/h9-13,15-19,21,23,26-27,29H,8,14H2,1-7H3,(H,38,48)(H,39,49)(H,42,46)(H,43,47). The van der Waals surface area contributed by atoms with Crippen LogP contribution in [0.1, 0.15) is 125 Å². The van der Waals surface area contributed by atoms with Crippen LogP contribution in [0.2, 0.25) is 0 Å². The van der Waals surface area contributed by atoms with Crippen molar-refractivity contribution < 1.29 is 28.3 Å². The second kappa shape index (κ2) is 16.0. The van der Waals surface area contributed by atoms with E-state index in [4.69, 9.17) is 14.1 Å². The summed E-state index contributed by atoms with van der Waals surface area (Å²) >= 11 is 2.50. The van der Waals surface area contributed by atoms with Crippen LogP contribution in [0.4, 0.5) is 0 Å². The molecule has 2 aliphatic rings. The van der Waals surface area contributed by atoms with Crippen LogP contribution in [0, 0.1) is 18.8 Å². The molecular weight excluding hydrogens is 717 g/mol. The first-order valence-corrected chi connectivity index (χ1v) is 19.5. The zero-order valence-electron chi connectivity index (χ0n) is 30.6. The first-order chi connectivity index (χ1) is 25.3. The molecule has 7 atom stereocenters. The minimum atomic E-state index is -0.892. The molecule has 14 nitrogen and oxygen atoms in total. The maximum absolute atomic E-state index is 14.0. The molecule has 4 aromatic rings. The lowest BCUT2D eigenvalue weighted by Crippen LogP contribution is -2.45. The fourth-order valence-corrected chi connectivity index (χ4v) is 7.77. The van der Waals surface area contributed by atoms with Crippen LogP contribution in [0.5, 0.6) is 0 Å². The summed E-state index contributed by atoms with van der Waals surface area (Å²) in [6.07, 6.45) is 0.499. The molecule has 16 heteroatoms. The van der Waals surface area contributed by atoms with Crippen molar-refractivity contribution in [3.05, 3.63) is 85.4 Å². The zero-order chi connectivity index (χ0) is 38.0. The number of aliphatic imine (C=N–C) groups is 1. The van der Waals surface area contributed by atoms with Crippen molar-refractivity contribution in [3.63, 3.8) is 0 Å². The lowest BCUT2D eigenvalue weighted by molar-refractivity contribution is -0.124. The predicted molar refractivity (Wildman–Crippen MR) is 200 cm³/mol. The number of carbonyl (C=O) groups excluding carboxylic acids is 4. The van der Waals surface area contributed by atoms with E-state index in [1.54, 1.807) is 31.5 Å². The van der Waals surface area contributed by atoms with Crippen molar-refractivity contribution in [2.45, 2.75) is 97.6 Å². The Hall–Kier alpha value is -4.96. The van der Waals surface area contributed by atoms with E-state index in [2.05, 4.69) is 36.2 Å². The molecule has 0 saturated heterocycles. The maximum atomic E-state index is 14.0. The van der Waals surface area contributed by atoms with Gasteiger partial charge in [0.1, 0.15) is 45.4 Å². The molecule has 8 bridgehead atoms. The number of hydrogen-bond donors (Lipinski definition) is 4. The molecule has 53 heavy (non-hydrogen) atoms. The minimum absolute atomic E-state index is 0.0763. The Kier molecular flexibility index (Phi) is 11.4. The van der Waals surface area contributed by atoms with E-state index < -0.39 is 54.0 Å². The summed E-state index contributed by atoms with van der Waals surface area (Å²) in [6.45, 7) is 12.9. The van der Waals surface area contributed by atoms with Crippen LogP contribution < -0.4 is 21.3 Å². The molecule has 7 unspecified atom stereocenters. The number of nitrogens with one attached hydrogen (secondary N) is 4. The summed E-state index contributed by atoms with van der Waals surface area (Å²) in [7, 11) is 0. The largest absolute Gasteiger partial charge is 0.474 e. The normalized spacial score (nSPS) is 24.6. The van der Waals surface area contributed by atoms with Crippen molar-refractivity contribution in [3.8, 4) is 0 Å². The van der Waals surface area contributed by atoms with E-state index in [1.165, 1.54) is 22.7 Å². The number of benzene rings is 1. The minimum Gasteiger partial charge on any atom is -0.474 e. The quantitative estimate of drug-likeness (QED) is 0.210. The molecule has 6 rings (SSSR count). The number of fused-ring (bicyclic) bond motifs is 7. The molecular formula is C37H44N8O6S2. The molecule has 3 aromatic heterocycles. The average molecular weight is 761 g/mol. The highest BCUT2D eigenvalue weighted by Gasteiger charge is 2.40. The van der Waals surface area contributed by atoms with Crippen molar-refractivity contribution in [2.75, 3.05) is 0 Å². The topological polar surface area (TPSA) is 190 Å². The number of amides is 4.